The molecule has 1 aromatic carbocycles. The van der Waals surface area contributed by atoms with Crippen LogP contribution in [0.3, 0.4) is 0 Å². The molecule has 1 aliphatic heterocycles. The molecule has 2 amide bonds. The predicted octanol–water partition coefficient (Wildman–Crippen LogP) is 2.71. The highest BCUT2D eigenvalue weighted by atomic mass is 16.2. The van der Waals surface area contributed by atoms with E-state index in [0.29, 0.717) is 22.6 Å². The van der Waals surface area contributed by atoms with Gasteiger partial charge < -0.3 is 0 Å². The normalized spacial score (nSPS) is 15.9. The third-order valence-electron chi connectivity index (χ3n) is 4.61. The molecular formula is C18H19N5O2. The number of benzene rings is 1. The first-order valence-electron chi connectivity index (χ1n) is 8.20. The molecule has 0 fully saturated rings. The van der Waals surface area contributed by atoms with Gasteiger partial charge in [-0.3, -0.25) is 19.6 Å². The number of hydrogen-bond donors (Lipinski definition) is 1. The molecule has 7 nitrogen and oxygen atoms in total. The van der Waals surface area contributed by atoms with Gasteiger partial charge in [-0.25, -0.2) is 4.52 Å². The number of hydrogen-bond acceptors (Lipinski definition) is 4. The molecule has 0 aliphatic carbocycles. The van der Waals surface area contributed by atoms with Crippen LogP contribution in [0.15, 0.2) is 30.3 Å². The van der Waals surface area contributed by atoms with E-state index in [2.05, 4.69) is 36.1 Å². The van der Waals surface area contributed by atoms with Crippen LogP contribution >= 0.6 is 0 Å². The maximum atomic E-state index is 12.7. The quantitative estimate of drug-likeness (QED) is 0.729. The van der Waals surface area contributed by atoms with Crippen molar-refractivity contribution in [2.75, 3.05) is 0 Å². The van der Waals surface area contributed by atoms with Crippen LogP contribution in [0.2, 0.25) is 0 Å². The van der Waals surface area contributed by atoms with Gasteiger partial charge in [0, 0.05) is 17.2 Å². The second kappa shape index (κ2) is 5.02. The Morgan fingerprint density at radius 1 is 1.04 bits per heavy atom. The van der Waals surface area contributed by atoms with Gasteiger partial charge in [-0.05, 0) is 19.1 Å². The van der Waals surface area contributed by atoms with E-state index in [9.17, 15) is 9.59 Å². The number of nitrogens with one attached hydrogen (secondary N) is 1. The van der Waals surface area contributed by atoms with Gasteiger partial charge in [0.1, 0.15) is 0 Å². The Morgan fingerprint density at radius 3 is 2.20 bits per heavy atom. The summed E-state index contributed by atoms with van der Waals surface area (Å²) in [6.07, 6.45) is 0. The zero-order valence-electron chi connectivity index (χ0n) is 14.6. The third kappa shape index (κ3) is 2.19. The van der Waals surface area contributed by atoms with Crippen molar-refractivity contribution in [3.8, 4) is 0 Å². The smallest absolute Gasteiger partial charge is 0.262 e. The highest BCUT2D eigenvalue weighted by Gasteiger charge is 2.40. The highest BCUT2D eigenvalue weighted by molar-refractivity contribution is 6.21. The average molecular weight is 337 g/mol. The minimum atomic E-state index is -0.533. The lowest BCUT2D eigenvalue weighted by Crippen LogP contribution is -2.33. The Balaban J connectivity index is 1.76. The topological polar surface area (TPSA) is 83.4 Å². The van der Waals surface area contributed by atoms with Gasteiger partial charge in [0.2, 0.25) is 0 Å². The number of aromatic amines is 1. The van der Waals surface area contributed by atoms with Crippen molar-refractivity contribution >= 4 is 17.5 Å². The summed E-state index contributed by atoms with van der Waals surface area (Å²) in [5.74, 6) is -0.0695. The maximum Gasteiger partial charge on any atom is 0.262 e. The Labute approximate surface area is 144 Å². The van der Waals surface area contributed by atoms with Crippen molar-refractivity contribution in [1.29, 1.82) is 0 Å². The van der Waals surface area contributed by atoms with Gasteiger partial charge in [0.05, 0.1) is 17.2 Å². The molecular weight excluding hydrogens is 318 g/mol. The van der Waals surface area contributed by atoms with Crippen LogP contribution in [-0.2, 0) is 5.41 Å². The number of H-pyrrole nitrogens is 1. The molecule has 1 N–H and O–H groups in total. The summed E-state index contributed by atoms with van der Waals surface area (Å²) in [5, 5.41) is 11.6. The minimum absolute atomic E-state index is 0.0727. The lowest BCUT2D eigenvalue weighted by molar-refractivity contribution is 0.0587. The summed E-state index contributed by atoms with van der Waals surface area (Å²) < 4.78 is 1.74. The molecule has 7 heteroatoms. The molecule has 3 aromatic rings. The first-order valence-corrected chi connectivity index (χ1v) is 8.20. The fourth-order valence-corrected chi connectivity index (χ4v) is 3.13. The summed E-state index contributed by atoms with van der Waals surface area (Å²) in [5.41, 5.74) is 2.47. The van der Waals surface area contributed by atoms with Crippen LogP contribution in [0.4, 0.5) is 0 Å². The first kappa shape index (κ1) is 15.6. The first-order chi connectivity index (χ1) is 11.8. The average Bonchev–Trinajstić information content (AvgIpc) is 3.20. The van der Waals surface area contributed by atoms with E-state index in [-0.39, 0.29) is 17.2 Å². The fourth-order valence-electron chi connectivity index (χ4n) is 3.13. The molecule has 25 heavy (non-hydrogen) atoms. The minimum Gasteiger partial charge on any atom is -0.295 e. The Hall–Kier alpha value is -2.96. The summed E-state index contributed by atoms with van der Waals surface area (Å²) in [6.45, 7) is 8.08. The van der Waals surface area contributed by atoms with Crippen molar-refractivity contribution in [3.63, 3.8) is 0 Å². The Bertz CT molecular complexity index is 973. The third-order valence-corrected chi connectivity index (χ3v) is 4.61. The summed E-state index contributed by atoms with van der Waals surface area (Å²) in [6, 6.07) is 8.27. The molecule has 1 aliphatic rings. The van der Waals surface area contributed by atoms with Gasteiger partial charge in [0.25, 0.3) is 11.8 Å². The van der Waals surface area contributed by atoms with E-state index < -0.39 is 6.04 Å². The summed E-state index contributed by atoms with van der Waals surface area (Å²) >= 11 is 0. The van der Waals surface area contributed by atoms with Gasteiger partial charge in [-0.15, -0.1) is 10.2 Å². The standard InChI is InChI=1S/C18H19N5O2/c1-10(22-16(24)11-7-5-6-8-12(11)17(22)25)15-20-19-14-9-13(18(2,3)4)21-23(14)15/h5-10,21H,1-4H3. The monoisotopic (exact) mass is 337 g/mol. The number of imide groups is 1. The number of rotatable bonds is 2. The second-order valence-corrected chi connectivity index (χ2v) is 7.37. The van der Waals surface area contributed by atoms with Crippen molar-refractivity contribution in [3.05, 3.63) is 53.0 Å². The maximum absolute atomic E-state index is 12.7. The van der Waals surface area contributed by atoms with E-state index in [4.69, 9.17) is 0 Å². The molecule has 1 atom stereocenters. The van der Waals surface area contributed by atoms with Gasteiger partial charge in [-0.2, -0.15) is 0 Å². The van der Waals surface area contributed by atoms with Crippen LogP contribution in [0, 0.1) is 0 Å². The summed E-state index contributed by atoms with van der Waals surface area (Å²) in [7, 11) is 0. The largest absolute Gasteiger partial charge is 0.295 e. The second-order valence-electron chi connectivity index (χ2n) is 7.37. The molecule has 3 heterocycles. The van der Waals surface area contributed by atoms with Gasteiger partial charge in [-0.1, -0.05) is 32.9 Å². The molecule has 1 unspecified atom stereocenters. The van der Waals surface area contributed by atoms with Crippen LogP contribution in [0.5, 0.6) is 0 Å². The molecule has 4 rings (SSSR count). The predicted molar refractivity (Wildman–Crippen MR) is 91.4 cm³/mol. The fraction of sp³-hybridized carbons (Fsp3) is 0.333. The van der Waals surface area contributed by atoms with Crippen molar-refractivity contribution < 1.29 is 9.59 Å². The molecule has 0 saturated heterocycles. The molecule has 128 valence electrons. The Morgan fingerprint density at radius 2 is 1.64 bits per heavy atom. The van der Waals surface area contributed by atoms with Crippen LogP contribution < -0.4 is 0 Å². The molecule has 0 saturated carbocycles. The molecule has 0 radical (unpaired) electrons. The lowest BCUT2D eigenvalue weighted by Gasteiger charge is -2.21. The van der Waals surface area contributed by atoms with Crippen LogP contribution in [0.25, 0.3) is 5.65 Å². The zero-order chi connectivity index (χ0) is 17.9. The lowest BCUT2D eigenvalue weighted by atomic mass is 9.93. The molecule has 0 spiro atoms. The Kier molecular flexibility index (Phi) is 3.12. The van der Waals surface area contributed by atoms with Gasteiger partial charge >= 0.3 is 0 Å². The van der Waals surface area contributed by atoms with Crippen LogP contribution in [0.1, 0.15) is 66.0 Å². The molecule has 2 aromatic heterocycles. The zero-order valence-corrected chi connectivity index (χ0v) is 14.6. The SMILES string of the molecule is CC(c1nnc2cc(C(C)(C)C)[nH]n12)N1C(=O)c2ccccc2C1=O. The van der Waals surface area contributed by atoms with Crippen molar-refractivity contribution in [1.82, 2.24) is 24.7 Å². The van der Waals surface area contributed by atoms with E-state index >= 15 is 0 Å². The highest BCUT2D eigenvalue weighted by Crippen LogP contribution is 2.31. The van der Waals surface area contributed by atoms with E-state index in [1.165, 1.54) is 4.90 Å². The van der Waals surface area contributed by atoms with Gasteiger partial charge in [0.15, 0.2) is 11.5 Å². The number of carbonyl (C=O) groups excluding carboxylic acids is 2. The van der Waals surface area contributed by atoms with Crippen molar-refractivity contribution in [2.24, 2.45) is 0 Å². The number of amides is 2. The number of fused-ring (bicyclic) bond motifs is 2. The van der Waals surface area contributed by atoms with E-state index in [1.54, 1.807) is 35.7 Å². The molecule has 0 bridgehead atoms. The van der Waals surface area contributed by atoms with E-state index in [0.717, 1.165) is 5.69 Å². The van der Waals surface area contributed by atoms with Crippen LogP contribution in [-0.4, -0.2) is 36.5 Å². The summed E-state index contributed by atoms with van der Waals surface area (Å²) in [4.78, 5) is 26.6. The van der Waals surface area contributed by atoms with Crippen molar-refractivity contribution in [2.45, 2.75) is 39.2 Å². The number of aromatic nitrogens is 4. The number of nitrogens with zero attached hydrogens (tertiary/aromatic N) is 4. The van der Waals surface area contributed by atoms with E-state index in [1.807, 2.05) is 6.07 Å². The number of carbonyl (C=O) groups is 2.